The number of aliphatic hydroxyl groups excluding tert-OH is 1. The molecule has 0 amide bonds. The lowest BCUT2D eigenvalue weighted by Gasteiger charge is -2.38. The number of rotatable bonds is 1. The van der Waals surface area contributed by atoms with E-state index in [9.17, 15) is 10.2 Å². The van der Waals surface area contributed by atoms with Gasteiger partial charge in [0.05, 0.1) is 11.7 Å². The topological polar surface area (TPSA) is 40.5 Å². The molecule has 1 fully saturated rings. The van der Waals surface area contributed by atoms with Crippen LogP contribution in [0.4, 0.5) is 0 Å². The van der Waals surface area contributed by atoms with Crippen LogP contribution in [0.15, 0.2) is 0 Å². The SMILES string of the molecule is C[C@@H]1CC[C@@H](C(C)(C)O)[C@@H](O)C1. The summed E-state index contributed by atoms with van der Waals surface area (Å²) in [5, 5.41) is 19.5. The average molecular weight is 172 g/mol. The Morgan fingerprint density at radius 1 is 1.25 bits per heavy atom. The Labute approximate surface area is 74.6 Å². The van der Waals surface area contributed by atoms with Crippen LogP contribution in [0.2, 0.25) is 0 Å². The lowest BCUT2D eigenvalue weighted by molar-refractivity contribution is -0.0730. The molecule has 1 saturated carbocycles. The maximum Gasteiger partial charge on any atom is 0.0644 e. The van der Waals surface area contributed by atoms with Gasteiger partial charge in [-0.2, -0.15) is 0 Å². The van der Waals surface area contributed by atoms with E-state index in [1.54, 1.807) is 13.8 Å². The quantitative estimate of drug-likeness (QED) is 0.630. The minimum Gasteiger partial charge on any atom is -0.393 e. The summed E-state index contributed by atoms with van der Waals surface area (Å²) in [6, 6.07) is 0. The molecule has 1 aliphatic rings. The van der Waals surface area contributed by atoms with Gasteiger partial charge in [0.25, 0.3) is 0 Å². The molecule has 0 aromatic heterocycles. The molecule has 0 bridgehead atoms. The Morgan fingerprint density at radius 2 is 1.83 bits per heavy atom. The third-order valence-electron chi connectivity index (χ3n) is 2.99. The number of hydrogen-bond acceptors (Lipinski definition) is 2. The number of aliphatic hydroxyl groups is 2. The van der Waals surface area contributed by atoms with E-state index >= 15 is 0 Å². The molecule has 72 valence electrons. The smallest absolute Gasteiger partial charge is 0.0644 e. The van der Waals surface area contributed by atoms with Crippen LogP contribution in [0.25, 0.3) is 0 Å². The van der Waals surface area contributed by atoms with E-state index in [1.165, 1.54) is 0 Å². The first-order valence-electron chi connectivity index (χ1n) is 4.81. The first-order valence-corrected chi connectivity index (χ1v) is 4.81. The van der Waals surface area contributed by atoms with Crippen LogP contribution in [0.5, 0.6) is 0 Å². The molecule has 12 heavy (non-hydrogen) atoms. The van der Waals surface area contributed by atoms with Crippen LogP contribution in [-0.4, -0.2) is 21.9 Å². The van der Waals surface area contributed by atoms with Crippen LogP contribution in [0.1, 0.15) is 40.0 Å². The first-order chi connectivity index (χ1) is 5.41. The summed E-state index contributed by atoms with van der Waals surface area (Å²) in [5.74, 6) is 0.673. The molecular weight excluding hydrogens is 152 g/mol. The summed E-state index contributed by atoms with van der Waals surface area (Å²) < 4.78 is 0. The zero-order valence-corrected chi connectivity index (χ0v) is 8.25. The summed E-state index contributed by atoms with van der Waals surface area (Å²) in [4.78, 5) is 0. The Bertz CT molecular complexity index is 148. The first kappa shape index (κ1) is 10.0. The van der Waals surface area contributed by atoms with E-state index < -0.39 is 5.60 Å². The van der Waals surface area contributed by atoms with Crippen molar-refractivity contribution in [3.63, 3.8) is 0 Å². The van der Waals surface area contributed by atoms with Gasteiger partial charge in [0.15, 0.2) is 0 Å². The summed E-state index contributed by atoms with van der Waals surface area (Å²) in [7, 11) is 0. The van der Waals surface area contributed by atoms with E-state index in [0.29, 0.717) is 5.92 Å². The summed E-state index contributed by atoms with van der Waals surface area (Å²) in [6.07, 6.45) is 2.61. The Morgan fingerprint density at radius 3 is 2.25 bits per heavy atom. The second kappa shape index (κ2) is 3.35. The highest BCUT2D eigenvalue weighted by molar-refractivity contribution is 4.87. The minimum absolute atomic E-state index is 0.0636. The van der Waals surface area contributed by atoms with Crippen molar-refractivity contribution < 1.29 is 10.2 Å². The molecule has 3 atom stereocenters. The van der Waals surface area contributed by atoms with Crippen molar-refractivity contribution in [2.24, 2.45) is 11.8 Å². The van der Waals surface area contributed by atoms with E-state index in [1.807, 2.05) is 0 Å². The molecule has 0 unspecified atom stereocenters. The van der Waals surface area contributed by atoms with Crippen LogP contribution < -0.4 is 0 Å². The zero-order valence-electron chi connectivity index (χ0n) is 8.25. The largest absolute Gasteiger partial charge is 0.393 e. The fraction of sp³-hybridized carbons (Fsp3) is 1.00. The van der Waals surface area contributed by atoms with Crippen molar-refractivity contribution in [1.82, 2.24) is 0 Å². The predicted molar refractivity (Wildman–Crippen MR) is 48.8 cm³/mol. The Balaban J connectivity index is 2.57. The third kappa shape index (κ3) is 2.20. The standard InChI is InChI=1S/C10H20O2/c1-7-4-5-8(9(11)6-7)10(2,3)12/h7-9,11-12H,4-6H2,1-3H3/t7-,8-,9+/m1/s1. The van der Waals surface area contributed by atoms with Gasteiger partial charge in [-0.25, -0.2) is 0 Å². The van der Waals surface area contributed by atoms with Crippen molar-refractivity contribution in [3.8, 4) is 0 Å². The van der Waals surface area contributed by atoms with E-state index in [4.69, 9.17) is 0 Å². The molecule has 0 radical (unpaired) electrons. The average Bonchev–Trinajstić information content (AvgIpc) is 1.83. The van der Waals surface area contributed by atoms with E-state index in [0.717, 1.165) is 19.3 Å². The fourth-order valence-corrected chi connectivity index (χ4v) is 2.17. The molecule has 1 aliphatic carbocycles. The van der Waals surface area contributed by atoms with Gasteiger partial charge in [-0.3, -0.25) is 0 Å². The minimum atomic E-state index is -0.723. The van der Waals surface area contributed by atoms with Crippen LogP contribution in [-0.2, 0) is 0 Å². The molecule has 0 aliphatic heterocycles. The van der Waals surface area contributed by atoms with Crippen LogP contribution in [0, 0.1) is 11.8 Å². The lowest BCUT2D eigenvalue weighted by Crippen LogP contribution is -2.42. The van der Waals surface area contributed by atoms with Crippen molar-refractivity contribution in [2.45, 2.75) is 51.7 Å². The van der Waals surface area contributed by atoms with Crippen molar-refractivity contribution in [1.29, 1.82) is 0 Å². The molecule has 1 rings (SSSR count). The highest BCUT2D eigenvalue weighted by Crippen LogP contribution is 2.35. The summed E-state index contributed by atoms with van der Waals surface area (Å²) in [5.41, 5.74) is -0.723. The van der Waals surface area contributed by atoms with E-state index in [2.05, 4.69) is 6.92 Å². The molecule has 0 heterocycles. The van der Waals surface area contributed by atoms with Gasteiger partial charge in [0.1, 0.15) is 0 Å². The predicted octanol–water partition coefficient (Wildman–Crippen LogP) is 1.55. The van der Waals surface area contributed by atoms with Crippen LogP contribution in [0.3, 0.4) is 0 Å². The summed E-state index contributed by atoms with van der Waals surface area (Å²) in [6.45, 7) is 5.73. The highest BCUT2D eigenvalue weighted by Gasteiger charge is 2.36. The van der Waals surface area contributed by atoms with E-state index in [-0.39, 0.29) is 12.0 Å². The van der Waals surface area contributed by atoms with Gasteiger partial charge in [-0.05, 0) is 32.6 Å². The molecule has 0 aromatic carbocycles. The molecule has 0 aromatic rings. The second-order valence-corrected chi connectivity index (χ2v) is 4.75. The molecule has 2 N–H and O–H groups in total. The Kier molecular flexibility index (Phi) is 2.79. The van der Waals surface area contributed by atoms with Gasteiger partial charge in [0.2, 0.25) is 0 Å². The zero-order chi connectivity index (χ0) is 9.35. The molecule has 0 spiro atoms. The lowest BCUT2D eigenvalue weighted by atomic mass is 9.73. The monoisotopic (exact) mass is 172 g/mol. The van der Waals surface area contributed by atoms with Crippen LogP contribution >= 0.6 is 0 Å². The summed E-state index contributed by atoms with van der Waals surface area (Å²) >= 11 is 0. The highest BCUT2D eigenvalue weighted by atomic mass is 16.3. The maximum atomic E-state index is 9.74. The molecule has 2 heteroatoms. The molecular formula is C10H20O2. The fourth-order valence-electron chi connectivity index (χ4n) is 2.17. The van der Waals surface area contributed by atoms with Gasteiger partial charge < -0.3 is 10.2 Å². The van der Waals surface area contributed by atoms with Gasteiger partial charge in [-0.15, -0.1) is 0 Å². The number of hydrogen-bond donors (Lipinski definition) is 2. The van der Waals surface area contributed by atoms with Crippen molar-refractivity contribution in [3.05, 3.63) is 0 Å². The van der Waals surface area contributed by atoms with Crippen molar-refractivity contribution in [2.75, 3.05) is 0 Å². The third-order valence-corrected chi connectivity index (χ3v) is 2.99. The molecule has 2 nitrogen and oxygen atoms in total. The normalized spacial score (nSPS) is 38.2. The van der Waals surface area contributed by atoms with Gasteiger partial charge in [-0.1, -0.05) is 13.3 Å². The Hall–Kier alpha value is -0.0800. The van der Waals surface area contributed by atoms with Gasteiger partial charge in [0, 0.05) is 5.92 Å². The maximum absolute atomic E-state index is 9.74. The van der Waals surface area contributed by atoms with Crippen molar-refractivity contribution >= 4 is 0 Å². The molecule has 0 saturated heterocycles. The van der Waals surface area contributed by atoms with Gasteiger partial charge >= 0.3 is 0 Å². The second-order valence-electron chi connectivity index (χ2n) is 4.75.